The fraction of sp³-hybridized carbons (Fsp3) is 0.0909. The Labute approximate surface area is 111 Å². The molecular weight excluding hydrogens is 270 g/mol. The Hall–Kier alpha value is -2.48. The summed E-state index contributed by atoms with van der Waals surface area (Å²) in [5.41, 5.74) is 0.606. The molecule has 0 spiro atoms. The van der Waals surface area contributed by atoms with E-state index in [9.17, 15) is 9.59 Å². The molecule has 2 N–H and O–H groups in total. The van der Waals surface area contributed by atoms with Crippen molar-refractivity contribution in [2.24, 2.45) is 0 Å². The molecule has 2 heterocycles. The smallest absolute Gasteiger partial charge is 0.328 e. The van der Waals surface area contributed by atoms with Crippen LogP contribution < -0.4 is 5.32 Å². The minimum atomic E-state index is -1.05. The van der Waals surface area contributed by atoms with Crippen molar-refractivity contribution >= 4 is 34.4 Å². The first-order valence-corrected chi connectivity index (χ1v) is 5.98. The molecule has 0 saturated heterocycles. The second kappa shape index (κ2) is 5.44. The Morgan fingerprint density at radius 1 is 1.53 bits per heavy atom. The Kier molecular flexibility index (Phi) is 3.71. The van der Waals surface area contributed by atoms with Crippen LogP contribution in [0.5, 0.6) is 0 Å². The van der Waals surface area contributed by atoms with Gasteiger partial charge in [-0.3, -0.25) is 10.1 Å². The van der Waals surface area contributed by atoms with Crippen molar-refractivity contribution in [3.63, 3.8) is 0 Å². The first kappa shape index (κ1) is 13.0. The SMILES string of the molecule is Cc1cc(C(=O)Nc2ncc(/C=C/C(=O)O)s2)on1. The number of amides is 1. The van der Waals surface area contributed by atoms with Gasteiger partial charge >= 0.3 is 5.97 Å². The zero-order valence-electron chi connectivity index (χ0n) is 9.78. The van der Waals surface area contributed by atoms with Crippen LogP contribution in [0, 0.1) is 6.92 Å². The lowest BCUT2D eigenvalue weighted by Gasteiger charge is -1.95. The molecule has 2 aromatic rings. The number of nitrogens with zero attached hydrogens (tertiary/aromatic N) is 2. The Morgan fingerprint density at radius 3 is 2.95 bits per heavy atom. The van der Waals surface area contributed by atoms with Gasteiger partial charge in [0.25, 0.3) is 5.91 Å². The molecule has 0 aliphatic rings. The van der Waals surface area contributed by atoms with Gasteiger partial charge in [0.15, 0.2) is 5.13 Å². The summed E-state index contributed by atoms with van der Waals surface area (Å²) in [6.45, 7) is 1.71. The Morgan fingerprint density at radius 2 is 2.32 bits per heavy atom. The lowest BCUT2D eigenvalue weighted by molar-refractivity contribution is -0.131. The number of carbonyl (C=O) groups excluding carboxylic acids is 1. The standard InChI is InChI=1S/C11H9N3O4S/c1-6-4-8(18-14-6)10(17)13-11-12-5-7(19-11)2-3-9(15)16/h2-5H,1H3,(H,15,16)(H,12,13,17)/b3-2+. The molecule has 98 valence electrons. The van der Waals surface area contributed by atoms with Gasteiger partial charge in [-0.15, -0.1) is 0 Å². The molecule has 2 rings (SSSR count). The maximum Gasteiger partial charge on any atom is 0.328 e. The van der Waals surface area contributed by atoms with Gasteiger partial charge in [0.2, 0.25) is 5.76 Å². The normalized spacial score (nSPS) is 10.8. The fourth-order valence-corrected chi connectivity index (χ4v) is 1.92. The van der Waals surface area contributed by atoms with E-state index in [1.807, 2.05) is 0 Å². The maximum atomic E-state index is 11.7. The number of aromatic nitrogens is 2. The molecule has 1 amide bonds. The van der Waals surface area contributed by atoms with Gasteiger partial charge in [0, 0.05) is 23.2 Å². The largest absolute Gasteiger partial charge is 0.478 e. The molecule has 19 heavy (non-hydrogen) atoms. The number of carbonyl (C=O) groups is 2. The fourth-order valence-electron chi connectivity index (χ4n) is 1.20. The number of carboxylic acid groups (broad SMARTS) is 1. The molecule has 0 aromatic carbocycles. The molecule has 0 radical (unpaired) electrons. The number of hydrogen-bond acceptors (Lipinski definition) is 6. The zero-order valence-corrected chi connectivity index (χ0v) is 10.6. The average Bonchev–Trinajstić information content (AvgIpc) is 2.95. The third-order valence-corrected chi connectivity index (χ3v) is 2.86. The molecule has 0 unspecified atom stereocenters. The number of rotatable bonds is 4. The summed E-state index contributed by atoms with van der Waals surface area (Å²) in [5.74, 6) is -1.41. The summed E-state index contributed by atoms with van der Waals surface area (Å²) in [5, 5.41) is 15.0. The molecule has 0 atom stereocenters. The molecule has 0 saturated carbocycles. The van der Waals surface area contributed by atoms with E-state index in [4.69, 9.17) is 9.63 Å². The van der Waals surface area contributed by atoms with Crippen molar-refractivity contribution < 1.29 is 19.2 Å². The van der Waals surface area contributed by atoms with Crippen LogP contribution in [0.3, 0.4) is 0 Å². The van der Waals surface area contributed by atoms with Crippen LogP contribution in [0.25, 0.3) is 6.08 Å². The molecule has 0 bridgehead atoms. The summed E-state index contributed by atoms with van der Waals surface area (Å²) >= 11 is 1.15. The van der Waals surface area contributed by atoms with Crippen LogP contribution in [-0.2, 0) is 4.79 Å². The minimum absolute atomic E-state index is 0.0929. The van der Waals surface area contributed by atoms with Gasteiger partial charge in [-0.1, -0.05) is 16.5 Å². The van der Waals surface area contributed by atoms with Gasteiger partial charge in [0.05, 0.1) is 5.69 Å². The molecule has 0 fully saturated rings. The third kappa shape index (κ3) is 3.49. The van der Waals surface area contributed by atoms with Crippen LogP contribution in [0.4, 0.5) is 5.13 Å². The van der Waals surface area contributed by atoms with Crippen LogP contribution in [0.15, 0.2) is 22.9 Å². The number of hydrogen-bond donors (Lipinski definition) is 2. The molecule has 2 aromatic heterocycles. The quantitative estimate of drug-likeness (QED) is 0.826. The van der Waals surface area contributed by atoms with E-state index in [1.165, 1.54) is 18.3 Å². The highest BCUT2D eigenvalue weighted by atomic mass is 32.1. The highest BCUT2D eigenvalue weighted by molar-refractivity contribution is 7.16. The van der Waals surface area contributed by atoms with E-state index in [2.05, 4.69) is 15.5 Å². The number of aliphatic carboxylic acids is 1. The summed E-state index contributed by atoms with van der Waals surface area (Å²) in [6, 6.07) is 1.51. The highest BCUT2D eigenvalue weighted by Crippen LogP contribution is 2.20. The van der Waals surface area contributed by atoms with Gasteiger partial charge in [0.1, 0.15) is 0 Å². The van der Waals surface area contributed by atoms with Crippen LogP contribution in [0.1, 0.15) is 21.1 Å². The van der Waals surface area contributed by atoms with Crippen molar-refractivity contribution in [1.82, 2.24) is 10.1 Å². The van der Waals surface area contributed by atoms with Crippen molar-refractivity contribution in [3.8, 4) is 0 Å². The Bertz CT molecular complexity index is 644. The first-order chi connectivity index (χ1) is 9.04. The highest BCUT2D eigenvalue weighted by Gasteiger charge is 2.13. The second-order valence-corrected chi connectivity index (χ2v) is 4.59. The summed E-state index contributed by atoms with van der Waals surface area (Å²) < 4.78 is 4.81. The van der Waals surface area contributed by atoms with E-state index in [0.717, 1.165) is 17.4 Å². The molecule has 0 aliphatic heterocycles. The molecule has 0 aliphatic carbocycles. The second-order valence-electron chi connectivity index (χ2n) is 3.53. The molecule has 7 nitrogen and oxygen atoms in total. The van der Waals surface area contributed by atoms with Gasteiger partial charge in [-0.05, 0) is 13.0 Å². The number of anilines is 1. The lowest BCUT2D eigenvalue weighted by Crippen LogP contribution is -2.10. The van der Waals surface area contributed by atoms with Crippen molar-refractivity contribution in [2.45, 2.75) is 6.92 Å². The third-order valence-electron chi connectivity index (χ3n) is 1.99. The van der Waals surface area contributed by atoms with Crippen molar-refractivity contribution in [2.75, 3.05) is 5.32 Å². The Balaban J connectivity index is 2.04. The van der Waals surface area contributed by atoms with Crippen molar-refractivity contribution in [3.05, 3.63) is 34.7 Å². The predicted molar refractivity (Wildman–Crippen MR) is 68.0 cm³/mol. The maximum absolute atomic E-state index is 11.7. The lowest BCUT2D eigenvalue weighted by atomic mass is 10.4. The van der Waals surface area contributed by atoms with E-state index >= 15 is 0 Å². The van der Waals surface area contributed by atoms with E-state index in [0.29, 0.717) is 15.7 Å². The summed E-state index contributed by atoms with van der Waals surface area (Å²) in [6.07, 6.45) is 3.86. The number of aryl methyl sites for hydroxylation is 1. The predicted octanol–water partition coefficient (Wildman–Crippen LogP) is 1.79. The van der Waals surface area contributed by atoms with E-state index in [-0.39, 0.29) is 5.76 Å². The number of nitrogens with one attached hydrogen (secondary N) is 1. The number of thiazole rings is 1. The number of carboxylic acids is 1. The monoisotopic (exact) mass is 279 g/mol. The minimum Gasteiger partial charge on any atom is -0.478 e. The average molecular weight is 279 g/mol. The van der Waals surface area contributed by atoms with Gasteiger partial charge in [-0.2, -0.15) is 0 Å². The molecular formula is C11H9N3O4S. The van der Waals surface area contributed by atoms with Gasteiger partial charge in [-0.25, -0.2) is 9.78 Å². The summed E-state index contributed by atoms with van der Waals surface area (Å²) in [7, 11) is 0. The zero-order chi connectivity index (χ0) is 13.8. The molecule has 8 heteroatoms. The van der Waals surface area contributed by atoms with Crippen LogP contribution in [0.2, 0.25) is 0 Å². The first-order valence-electron chi connectivity index (χ1n) is 5.16. The van der Waals surface area contributed by atoms with Crippen LogP contribution in [-0.4, -0.2) is 27.1 Å². The van der Waals surface area contributed by atoms with Gasteiger partial charge < -0.3 is 9.63 Å². The topological polar surface area (TPSA) is 105 Å². The van der Waals surface area contributed by atoms with E-state index in [1.54, 1.807) is 6.92 Å². The van der Waals surface area contributed by atoms with Crippen LogP contribution >= 0.6 is 11.3 Å². The van der Waals surface area contributed by atoms with E-state index < -0.39 is 11.9 Å². The summed E-state index contributed by atoms with van der Waals surface area (Å²) in [4.78, 5) is 26.6. The van der Waals surface area contributed by atoms with Crippen molar-refractivity contribution in [1.29, 1.82) is 0 Å².